The first-order valence-electron chi connectivity index (χ1n) is 9.99. The predicted octanol–water partition coefficient (Wildman–Crippen LogP) is 5.78. The molecule has 0 bridgehead atoms. The summed E-state index contributed by atoms with van der Waals surface area (Å²) in [6.07, 6.45) is 1.73. The molecule has 30 heavy (non-hydrogen) atoms. The maximum atomic E-state index is 13.9. The van der Waals surface area contributed by atoms with E-state index >= 15 is 0 Å². The lowest BCUT2D eigenvalue weighted by molar-refractivity contribution is -0.113. The van der Waals surface area contributed by atoms with E-state index in [9.17, 15) is 4.79 Å². The van der Waals surface area contributed by atoms with Gasteiger partial charge in [0.2, 0.25) is 0 Å². The molecule has 3 nitrogen and oxygen atoms in total. The highest BCUT2D eigenvalue weighted by Crippen LogP contribution is 2.48. The van der Waals surface area contributed by atoms with E-state index in [1.165, 1.54) is 0 Å². The molecule has 144 valence electrons. The van der Waals surface area contributed by atoms with E-state index in [2.05, 4.69) is 29.2 Å². The maximum absolute atomic E-state index is 13.9. The van der Waals surface area contributed by atoms with Gasteiger partial charge in [-0.1, -0.05) is 97.1 Å². The third-order valence-electron chi connectivity index (χ3n) is 5.39. The van der Waals surface area contributed by atoms with Gasteiger partial charge >= 0.3 is 0 Å². The quantitative estimate of drug-likeness (QED) is 0.444. The molecule has 1 amide bonds. The highest BCUT2D eigenvalue weighted by molar-refractivity contribution is 6.37. The number of nitrogens with zero attached hydrogens (tertiary/aromatic N) is 2. The average molecular weight is 388 g/mol. The first kappa shape index (κ1) is 18.1. The molecule has 3 aromatic carbocycles. The Morgan fingerprint density at radius 1 is 0.633 bits per heavy atom. The normalized spacial score (nSPS) is 16.2. The van der Waals surface area contributed by atoms with Crippen molar-refractivity contribution in [1.82, 2.24) is 4.98 Å². The molecule has 3 heteroatoms. The van der Waals surface area contributed by atoms with Gasteiger partial charge in [0.25, 0.3) is 5.91 Å². The van der Waals surface area contributed by atoms with Crippen molar-refractivity contribution < 1.29 is 4.79 Å². The van der Waals surface area contributed by atoms with Gasteiger partial charge in [0.15, 0.2) is 0 Å². The summed E-state index contributed by atoms with van der Waals surface area (Å²) >= 11 is 0. The van der Waals surface area contributed by atoms with Gasteiger partial charge in [-0.3, -0.25) is 9.69 Å². The Hall–Kier alpha value is -3.98. The smallest absolute Gasteiger partial charge is 0.261 e. The first-order valence-corrected chi connectivity index (χ1v) is 9.99. The van der Waals surface area contributed by atoms with Crippen molar-refractivity contribution in [1.29, 1.82) is 0 Å². The van der Waals surface area contributed by atoms with Crippen LogP contribution >= 0.6 is 0 Å². The zero-order chi connectivity index (χ0) is 20.3. The van der Waals surface area contributed by atoms with Crippen molar-refractivity contribution in [2.24, 2.45) is 0 Å². The third-order valence-corrected chi connectivity index (χ3v) is 5.39. The van der Waals surface area contributed by atoms with Gasteiger partial charge in [-0.05, 0) is 28.8 Å². The van der Waals surface area contributed by atoms with Crippen LogP contribution in [0.15, 0.2) is 115 Å². The number of anilines is 1. The predicted molar refractivity (Wildman–Crippen MR) is 121 cm³/mol. The monoisotopic (exact) mass is 388 g/mol. The van der Waals surface area contributed by atoms with E-state index < -0.39 is 0 Å². The molecule has 2 heterocycles. The van der Waals surface area contributed by atoms with Crippen LogP contribution in [-0.2, 0) is 4.79 Å². The number of aromatic nitrogens is 1. The molecule has 1 aromatic heterocycles. The van der Waals surface area contributed by atoms with Crippen LogP contribution in [0, 0.1) is 0 Å². The van der Waals surface area contributed by atoms with Crippen LogP contribution in [0.4, 0.5) is 5.82 Å². The Balaban J connectivity index is 1.81. The van der Waals surface area contributed by atoms with Crippen molar-refractivity contribution in [3.05, 3.63) is 132 Å². The molecule has 0 radical (unpaired) electrons. The molecular formula is C27H20N2O. The van der Waals surface area contributed by atoms with E-state index in [0.717, 1.165) is 27.8 Å². The van der Waals surface area contributed by atoms with E-state index in [1.54, 1.807) is 6.20 Å². The highest BCUT2D eigenvalue weighted by Gasteiger charge is 2.42. The molecule has 0 saturated carbocycles. The van der Waals surface area contributed by atoms with E-state index in [0.29, 0.717) is 5.82 Å². The molecule has 1 unspecified atom stereocenters. The van der Waals surface area contributed by atoms with Crippen molar-refractivity contribution in [3.63, 3.8) is 0 Å². The van der Waals surface area contributed by atoms with Gasteiger partial charge in [-0.2, -0.15) is 0 Å². The number of amides is 1. The molecule has 0 fully saturated rings. The van der Waals surface area contributed by atoms with Crippen LogP contribution in [0.3, 0.4) is 0 Å². The van der Waals surface area contributed by atoms with Gasteiger partial charge in [-0.15, -0.1) is 0 Å². The van der Waals surface area contributed by atoms with Crippen molar-refractivity contribution in [2.45, 2.75) is 6.04 Å². The number of carbonyl (C=O) groups is 1. The van der Waals surface area contributed by atoms with Gasteiger partial charge in [-0.25, -0.2) is 4.98 Å². The number of pyridine rings is 1. The molecule has 0 spiro atoms. The Labute approximate surface area is 176 Å². The van der Waals surface area contributed by atoms with E-state index in [1.807, 2.05) is 89.8 Å². The Morgan fingerprint density at radius 2 is 1.20 bits per heavy atom. The second kappa shape index (κ2) is 7.80. The molecule has 5 rings (SSSR count). The largest absolute Gasteiger partial charge is 0.281 e. The lowest BCUT2D eigenvalue weighted by Crippen LogP contribution is -2.30. The zero-order valence-corrected chi connectivity index (χ0v) is 16.3. The molecular weight excluding hydrogens is 368 g/mol. The van der Waals surface area contributed by atoms with Crippen molar-refractivity contribution >= 4 is 22.9 Å². The fraction of sp³-hybridized carbons (Fsp3) is 0.0370. The van der Waals surface area contributed by atoms with E-state index in [4.69, 9.17) is 0 Å². The minimum absolute atomic E-state index is 0.0346. The summed E-state index contributed by atoms with van der Waals surface area (Å²) in [6.45, 7) is 0. The summed E-state index contributed by atoms with van der Waals surface area (Å²) in [7, 11) is 0. The number of hydrogen-bond donors (Lipinski definition) is 0. The van der Waals surface area contributed by atoms with Crippen LogP contribution in [0.25, 0.3) is 11.1 Å². The summed E-state index contributed by atoms with van der Waals surface area (Å²) in [5.74, 6) is 0.614. The molecule has 0 aliphatic carbocycles. The SMILES string of the molecule is O=C1C(c2ccccc2)=C(c2ccccc2)C(c2ccccc2)N1c1ccccn1. The molecule has 1 aliphatic heterocycles. The Morgan fingerprint density at radius 3 is 1.80 bits per heavy atom. The summed E-state index contributed by atoms with van der Waals surface area (Å²) in [4.78, 5) is 20.2. The van der Waals surface area contributed by atoms with Crippen LogP contribution in [0.5, 0.6) is 0 Å². The molecule has 0 saturated heterocycles. The molecule has 1 aliphatic rings. The first-order chi connectivity index (χ1) is 14.8. The summed E-state index contributed by atoms with van der Waals surface area (Å²) in [5.41, 5.74) is 4.74. The highest BCUT2D eigenvalue weighted by atomic mass is 16.2. The second-order valence-corrected chi connectivity index (χ2v) is 7.20. The van der Waals surface area contributed by atoms with Crippen LogP contribution in [-0.4, -0.2) is 10.9 Å². The lowest BCUT2D eigenvalue weighted by Gasteiger charge is -2.27. The minimum Gasteiger partial charge on any atom is -0.281 e. The molecule has 4 aromatic rings. The van der Waals surface area contributed by atoms with Gasteiger partial charge < -0.3 is 0 Å². The summed E-state index contributed by atoms with van der Waals surface area (Å²) in [6, 6.07) is 35.7. The summed E-state index contributed by atoms with van der Waals surface area (Å²) in [5, 5.41) is 0. The minimum atomic E-state index is -0.258. The van der Waals surface area contributed by atoms with E-state index in [-0.39, 0.29) is 11.9 Å². The molecule has 1 atom stereocenters. The lowest BCUT2D eigenvalue weighted by atomic mass is 9.89. The average Bonchev–Trinajstić information content (AvgIpc) is 3.14. The topological polar surface area (TPSA) is 33.2 Å². The van der Waals surface area contributed by atoms with Crippen molar-refractivity contribution in [2.75, 3.05) is 4.90 Å². The maximum Gasteiger partial charge on any atom is 0.261 e. The fourth-order valence-electron chi connectivity index (χ4n) is 4.11. The number of carbonyl (C=O) groups excluding carboxylic acids is 1. The number of rotatable bonds is 4. The second-order valence-electron chi connectivity index (χ2n) is 7.20. The summed E-state index contributed by atoms with van der Waals surface area (Å²) < 4.78 is 0. The van der Waals surface area contributed by atoms with Crippen LogP contribution in [0.2, 0.25) is 0 Å². The standard InChI is InChI=1S/C27H20N2O/c30-27-25(21-14-6-2-7-15-21)24(20-12-4-1-5-13-20)26(22-16-8-3-9-17-22)29(27)23-18-10-11-19-28-23/h1-19,26H. The van der Waals surface area contributed by atoms with Gasteiger partial charge in [0, 0.05) is 11.8 Å². The third kappa shape index (κ3) is 3.11. The fourth-order valence-corrected chi connectivity index (χ4v) is 4.11. The van der Waals surface area contributed by atoms with Crippen molar-refractivity contribution in [3.8, 4) is 0 Å². The van der Waals surface area contributed by atoms with Gasteiger partial charge in [0.05, 0.1) is 11.6 Å². The molecule has 0 N–H and O–H groups in total. The number of hydrogen-bond acceptors (Lipinski definition) is 2. The number of benzene rings is 3. The zero-order valence-electron chi connectivity index (χ0n) is 16.3. The Bertz CT molecular complexity index is 1190. The Kier molecular flexibility index (Phi) is 4.70. The van der Waals surface area contributed by atoms with Gasteiger partial charge in [0.1, 0.15) is 5.82 Å². The van der Waals surface area contributed by atoms with Crippen LogP contribution in [0.1, 0.15) is 22.7 Å². The van der Waals surface area contributed by atoms with Crippen LogP contribution < -0.4 is 4.90 Å².